The number of rotatable bonds is 3. The third-order valence-corrected chi connectivity index (χ3v) is 5.76. The van der Waals surface area contributed by atoms with E-state index in [4.69, 9.17) is 0 Å². The smallest absolute Gasteiger partial charge is 0.0535 e. The lowest BCUT2D eigenvalue weighted by molar-refractivity contribution is 0.143. The van der Waals surface area contributed by atoms with Gasteiger partial charge in [-0.3, -0.25) is 4.90 Å². The van der Waals surface area contributed by atoms with Crippen LogP contribution in [-0.2, 0) is 5.54 Å². The fourth-order valence-electron chi connectivity index (χ4n) is 3.30. The van der Waals surface area contributed by atoms with Crippen LogP contribution in [-0.4, -0.2) is 42.1 Å². The van der Waals surface area contributed by atoms with Gasteiger partial charge in [0.05, 0.1) is 5.54 Å². The lowest BCUT2D eigenvalue weighted by Crippen LogP contribution is -2.57. The quantitative estimate of drug-likeness (QED) is 0.914. The van der Waals surface area contributed by atoms with Crippen LogP contribution in [0.1, 0.15) is 25.3 Å². The minimum atomic E-state index is 0.114. The van der Waals surface area contributed by atoms with Crippen molar-refractivity contribution >= 4 is 11.8 Å². The van der Waals surface area contributed by atoms with Crippen LogP contribution in [0.15, 0.2) is 30.3 Å². The molecule has 2 aliphatic rings. The average Bonchev–Trinajstić information content (AvgIpc) is 2.93. The van der Waals surface area contributed by atoms with Gasteiger partial charge in [-0.25, -0.2) is 0 Å². The SMILES string of the molecule is CC1(c2ccccc2)CN(CC2CCCS2)CCN1. The minimum Gasteiger partial charge on any atom is -0.305 e. The molecule has 104 valence electrons. The van der Waals surface area contributed by atoms with Crippen molar-refractivity contribution in [3.63, 3.8) is 0 Å². The van der Waals surface area contributed by atoms with Gasteiger partial charge in [0.25, 0.3) is 0 Å². The second-order valence-electron chi connectivity index (χ2n) is 6.00. The van der Waals surface area contributed by atoms with E-state index in [9.17, 15) is 0 Å². The molecule has 0 amide bonds. The summed E-state index contributed by atoms with van der Waals surface area (Å²) >= 11 is 2.17. The molecule has 2 unspecified atom stereocenters. The van der Waals surface area contributed by atoms with E-state index < -0.39 is 0 Å². The third kappa shape index (κ3) is 3.15. The first-order chi connectivity index (χ1) is 9.26. The lowest BCUT2D eigenvalue weighted by Gasteiger charge is -2.42. The first kappa shape index (κ1) is 13.5. The molecule has 19 heavy (non-hydrogen) atoms. The molecule has 3 heteroatoms. The fraction of sp³-hybridized carbons (Fsp3) is 0.625. The summed E-state index contributed by atoms with van der Waals surface area (Å²) in [4.78, 5) is 2.66. The summed E-state index contributed by atoms with van der Waals surface area (Å²) in [5, 5.41) is 4.59. The third-order valence-electron chi connectivity index (χ3n) is 4.38. The van der Waals surface area contributed by atoms with Crippen LogP contribution in [0.4, 0.5) is 0 Å². The van der Waals surface area contributed by atoms with E-state index in [1.807, 2.05) is 0 Å². The average molecular weight is 276 g/mol. The maximum atomic E-state index is 3.72. The van der Waals surface area contributed by atoms with E-state index in [1.54, 1.807) is 0 Å². The van der Waals surface area contributed by atoms with Gasteiger partial charge < -0.3 is 5.32 Å². The predicted molar refractivity (Wildman–Crippen MR) is 83.7 cm³/mol. The fourth-order valence-corrected chi connectivity index (χ4v) is 4.62. The Hall–Kier alpha value is -0.510. The van der Waals surface area contributed by atoms with Gasteiger partial charge in [0, 0.05) is 31.4 Å². The van der Waals surface area contributed by atoms with Crippen LogP contribution in [0.3, 0.4) is 0 Å². The maximum absolute atomic E-state index is 3.72. The first-order valence-electron chi connectivity index (χ1n) is 7.41. The highest BCUT2D eigenvalue weighted by molar-refractivity contribution is 8.00. The van der Waals surface area contributed by atoms with Crippen LogP contribution in [0.2, 0.25) is 0 Å². The monoisotopic (exact) mass is 276 g/mol. The minimum absolute atomic E-state index is 0.114. The molecule has 1 aromatic rings. The largest absolute Gasteiger partial charge is 0.305 e. The van der Waals surface area contributed by atoms with Crippen molar-refractivity contribution in [3.8, 4) is 0 Å². The van der Waals surface area contributed by atoms with E-state index in [0.717, 1.165) is 18.3 Å². The van der Waals surface area contributed by atoms with Crippen LogP contribution >= 0.6 is 11.8 Å². The molecular weight excluding hydrogens is 252 g/mol. The molecule has 0 aliphatic carbocycles. The lowest BCUT2D eigenvalue weighted by atomic mass is 9.89. The van der Waals surface area contributed by atoms with Crippen molar-refractivity contribution in [2.75, 3.05) is 31.9 Å². The molecule has 0 aromatic heterocycles. The van der Waals surface area contributed by atoms with E-state index >= 15 is 0 Å². The highest BCUT2D eigenvalue weighted by Crippen LogP contribution is 2.29. The molecule has 2 fully saturated rings. The Bertz CT molecular complexity index is 402. The van der Waals surface area contributed by atoms with E-state index in [-0.39, 0.29) is 5.54 Å². The zero-order valence-electron chi connectivity index (χ0n) is 11.8. The van der Waals surface area contributed by atoms with Gasteiger partial charge in [0.1, 0.15) is 0 Å². The Morgan fingerprint density at radius 2 is 2.21 bits per heavy atom. The molecular formula is C16H24N2S. The van der Waals surface area contributed by atoms with Crippen LogP contribution < -0.4 is 5.32 Å². The van der Waals surface area contributed by atoms with Gasteiger partial charge in [-0.1, -0.05) is 30.3 Å². The molecule has 2 heterocycles. The Balaban J connectivity index is 1.66. The highest BCUT2D eigenvalue weighted by Gasteiger charge is 2.33. The summed E-state index contributed by atoms with van der Waals surface area (Å²) in [5.41, 5.74) is 1.53. The molecule has 2 saturated heterocycles. The predicted octanol–water partition coefficient (Wildman–Crippen LogP) is 2.70. The number of thioether (sulfide) groups is 1. The van der Waals surface area contributed by atoms with E-state index in [2.05, 4.69) is 59.2 Å². The van der Waals surface area contributed by atoms with Crippen molar-refractivity contribution in [2.45, 2.75) is 30.6 Å². The number of hydrogen-bond donors (Lipinski definition) is 1. The molecule has 2 aliphatic heterocycles. The van der Waals surface area contributed by atoms with Gasteiger partial charge in [-0.15, -0.1) is 0 Å². The van der Waals surface area contributed by atoms with Crippen molar-refractivity contribution in [1.29, 1.82) is 0 Å². The van der Waals surface area contributed by atoms with Crippen molar-refractivity contribution in [2.24, 2.45) is 0 Å². The number of nitrogens with zero attached hydrogens (tertiary/aromatic N) is 1. The molecule has 0 saturated carbocycles. The second-order valence-corrected chi connectivity index (χ2v) is 7.40. The van der Waals surface area contributed by atoms with Crippen LogP contribution in [0.25, 0.3) is 0 Å². The molecule has 0 bridgehead atoms. The molecule has 0 spiro atoms. The van der Waals surface area contributed by atoms with E-state index in [0.29, 0.717) is 0 Å². The first-order valence-corrected chi connectivity index (χ1v) is 8.46. The summed E-state index contributed by atoms with van der Waals surface area (Å²) in [6, 6.07) is 10.9. The number of benzene rings is 1. The van der Waals surface area contributed by atoms with Crippen LogP contribution in [0, 0.1) is 0 Å². The Kier molecular flexibility index (Phi) is 4.15. The number of piperazine rings is 1. The number of hydrogen-bond acceptors (Lipinski definition) is 3. The van der Waals surface area contributed by atoms with Crippen molar-refractivity contribution in [3.05, 3.63) is 35.9 Å². The zero-order valence-corrected chi connectivity index (χ0v) is 12.6. The van der Waals surface area contributed by atoms with Gasteiger partial charge in [-0.05, 0) is 31.1 Å². The van der Waals surface area contributed by atoms with Gasteiger partial charge in [0.15, 0.2) is 0 Å². The van der Waals surface area contributed by atoms with Gasteiger partial charge in [0.2, 0.25) is 0 Å². The van der Waals surface area contributed by atoms with E-state index in [1.165, 1.54) is 37.2 Å². The van der Waals surface area contributed by atoms with Crippen LogP contribution in [0.5, 0.6) is 0 Å². The highest BCUT2D eigenvalue weighted by atomic mass is 32.2. The Labute approximate surface area is 121 Å². The normalized spacial score (nSPS) is 32.6. The zero-order chi connectivity index (χ0) is 13.1. The number of nitrogens with one attached hydrogen (secondary N) is 1. The molecule has 3 rings (SSSR count). The summed E-state index contributed by atoms with van der Waals surface area (Å²) in [6.45, 7) is 7.04. The van der Waals surface area contributed by atoms with Gasteiger partial charge >= 0.3 is 0 Å². The van der Waals surface area contributed by atoms with Crippen molar-refractivity contribution in [1.82, 2.24) is 10.2 Å². The Morgan fingerprint density at radius 1 is 1.37 bits per heavy atom. The second kappa shape index (κ2) is 5.86. The Morgan fingerprint density at radius 3 is 2.95 bits per heavy atom. The molecule has 0 radical (unpaired) electrons. The topological polar surface area (TPSA) is 15.3 Å². The summed E-state index contributed by atoms with van der Waals surface area (Å²) in [7, 11) is 0. The summed E-state index contributed by atoms with van der Waals surface area (Å²) in [6.07, 6.45) is 2.83. The molecule has 2 atom stereocenters. The molecule has 1 N–H and O–H groups in total. The molecule has 2 nitrogen and oxygen atoms in total. The maximum Gasteiger partial charge on any atom is 0.0535 e. The molecule has 1 aromatic carbocycles. The van der Waals surface area contributed by atoms with Gasteiger partial charge in [-0.2, -0.15) is 11.8 Å². The van der Waals surface area contributed by atoms with Crippen molar-refractivity contribution < 1.29 is 0 Å². The summed E-state index contributed by atoms with van der Waals surface area (Å²) < 4.78 is 0. The summed E-state index contributed by atoms with van der Waals surface area (Å²) in [5.74, 6) is 1.37. The standard InChI is InChI=1S/C16H24N2S/c1-16(14-6-3-2-4-7-14)13-18(10-9-17-16)12-15-8-5-11-19-15/h2-4,6-7,15,17H,5,8-13H2,1H3.